The third kappa shape index (κ3) is 5.65. The molecule has 1 fully saturated rings. The van der Waals surface area contributed by atoms with Gasteiger partial charge in [-0.2, -0.15) is 0 Å². The number of anilines is 1. The van der Waals surface area contributed by atoms with Crippen LogP contribution in [0.2, 0.25) is 0 Å². The van der Waals surface area contributed by atoms with Gasteiger partial charge in [-0.25, -0.2) is 28.7 Å². The number of aromatic nitrogens is 5. The molecular weight excluding hydrogens is 516 g/mol. The predicted molar refractivity (Wildman–Crippen MR) is 147 cm³/mol. The molecule has 1 saturated heterocycles. The number of carbonyl (C=O) groups is 1. The highest BCUT2D eigenvalue weighted by molar-refractivity contribution is 5.94. The van der Waals surface area contributed by atoms with Crippen molar-refractivity contribution in [3.63, 3.8) is 0 Å². The molecule has 1 aliphatic heterocycles. The number of aryl methyl sites for hydroxylation is 1. The number of hydrogen-bond acceptors (Lipinski definition) is 7. The van der Waals surface area contributed by atoms with Gasteiger partial charge < -0.3 is 19.5 Å². The molecule has 4 heterocycles. The molecule has 40 heavy (non-hydrogen) atoms. The van der Waals surface area contributed by atoms with Crippen molar-refractivity contribution in [1.29, 1.82) is 0 Å². The van der Waals surface area contributed by atoms with Crippen molar-refractivity contribution in [2.24, 2.45) is 0 Å². The van der Waals surface area contributed by atoms with Crippen LogP contribution in [-0.2, 0) is 12.8 Å². The van der Waals surface area contributed by atoms with Gasteiger partial charge in [0.1, 0.15) is 17.8 Å². The van der Waals surface area contributed by atoms with Crippen molar-refractivity contribution in [3.8, 4) is 0 Å². The number of aliphatic hydroxyl groups excluding tert-OH is 1. The molecule has 0 aliphatic carbocycles. The fourth-order valence-corrected chi connectivity index (χ4v) is 5.18. The first-order valence-electron chi connectivity index (χ1n) is 13.6. The first kappa shape index (κ1) is 27.6. The minimum Gasteiger partial charge on any atom is -0.396 e. The van der Waals surface area contributed by atoms with Crippen molar-refractivity contribution in [1.82, 2.24) is 29.4 Å². The lowest BCUT2D eigenvalue weighted by Crippen LogP contribution is -2.35. The Labute approximate surface area is 231 Å². The average Bonchev–Trinajstić information content (AvgIpc) is 3.33. The SMILES string of the molecule is CCc1cnc(N2CCC(n3cc(F)c4c(Cc5ccc(C(=O)N(C)CCCO)cc5F)ncnc43)CC2)nc1. The van der Waals surface area contributed by atoms with Crippen LogP contribution in [0.5, 0.6) is 0 Å². The number of hydrogen-bond donors (Lipinski definition) is 1. The van der Waals surface area contributed by atoms with Crippen LogP contribution in [0.4, 0.5) is 14.7 Å². The topological polar surface area (TPSA) is 100 Å². The van der Waals surface area contributed by atoms with Crippen molar-refractivity contribution >= 4 is 22.9 Å². The quantitative estimate of drug-likeness (QED) is 0.338. The number of halogens is 2. The van der Waals surface area contributed by atoms with E-state index in [0.717, 1.165) is 37.9 Å². The van der Waals surface area contributed by atoms with E-state index in [2.05, 4.69) is 31.8 Å². The molecular formula is C29H33F2N7O2. The van der Waals surface area contributed by atoms with E-state index < -0.39 is 11.6 Å². The van der Waals surface area contributed by atoms with E-state index in [1.54, 1.807) is 13.1 Å². The van der Waals surface area contributed by atoms with Crippen LogP contribution in [0.1, 0.15) is 59.4 Å². The van der Waals surface area contributed by atoms with E-state index in [0.29, 0.717) is 35.8 Å². The molecule has 210 valence electrons. The molecule has 1 aliphatic rings. The summed E-state index contributed by atoms with van der Waals surface area (Å²) in [6.45, 7) is 3.88. The zero-order valence-electron chi connectivity index (χ0n) is 22.7. The summed E-state index contributed by atoms with van der Waals surface area (Å²) in [5.74, 6) is -0.629. The Morgan fingerprint density at radius 2 is 1.85 bits per heavy atom. The number of nitrogens with zero attached hydrogens (tertiary/aromatic N) is 7. The van der Waals surface area contributed by atoms with Gasteiger partial charge in [-0.3, -0.25) is 4.79 Å². The van der Waals surface area contributed by atoms with Crippen LogP contribution in [0.15, 0.2) is 43.1 Å². The smallest absolute Gasteiger partial charge is 0.253 e. The monoisotopic (exact) mass is 549 g/mol. The molecule has 5 rings (SSSR count). The van der Waals surface area contributed by atoms with E-state index in [1.807, 2.05) is 17.0 Å². The Hall–Kier alpha value is -3.99. The maximum absolute atomic E-state index is 15.3. The second-order valence-electron chi connectivity index (χ2n) is 10.2. The second kappa shape index (κ2) is 12.0. The van der Waals surface area contributed by atoms with Crippen LogP contribution < -0.4 is 4.90 Å². The lowest BCUT2D eigenvalue weighted by atomic mass is 10.0. The number of aliphatic hydroxyl groups is 1. The van der Waals surface area contributed by atoms with Gasteiger partial charge >= 0.3 is 0 Å². The predicted octanol–water partition coefficient (Wildman–Crippen LogP) is 3.95. The molecule has 1 N–H and O–H groups in total. The van der Waals surface area contributed by atoms with Gasteiger partial charge in [0.25, 0.3) is 5.91 Å². The zero-order chi connectivity index (χ0) is 28.2. The highest BCUT2D eigenvalue weighted by Crippen LogP contribution is 2.31. The lowest BCUT2D eigenvalue weighted by Gasteiger charge is -2.32. The molecule has 0 spiro atoms. The van der Waals surface area contributed by atoms with Gasteiger partial charge in [-0.15, -0.1) is 0 Å². The number of carbonyl (C=O) groups excluding carboxylic acids is 1. The molecule has 9 nitrogen and oxygen atoms in total. The molecule has 0 saturated carbocycles. The van der Waals surface area contributed by atoms with E-state index >= 15 is 8.78 Å². The third-order valence-corrected chi connectivity index (χ3v) is 7.54. The molecule has 0 radical (unpaired) electrons. The Morgan fingerprint density at radius 1 is 1.10 bits per heavy atom. The summed E-state index contributed by atoms with van der Waals surface area (Å²) in [7, 11) is 1.61. The first-order chi connectivity index (χ1) is 19.4. The van der Waals surface area contributed by atoms with Crippen molar-refractivity contribution < 1.29 is 18.7 Å². The molecule has 1 amide bonds. The zero-order valence-corrected chi connectivity index (χ0v) is 22.7. The van der Waals surface area contributed by atoms with Crippen molar-refractivity contribution in [3.05, 3.63) is 77.1 Å². The number of piperidine rings is 1. The maximum atomic E-state index is 15.3. The molecule has 0 bridgehead atoms. The Bertz CT molecular complexity index is 1480. The normalized spacial score (nSPS) is 14.2. The van der Waals surface area contributed by atoms with Crippen molar-refractivity contribution in [2.75, 3.05) is 38.2 Å². The summed E-state index contributed by atoms with van der Waals surface area (Å²) in [5, 5.41) is 9.27. The Kier molecular flexibility index (Phi) is 8.29. The molecule has 0 unspecified atom stereocenters. The van der Waals surface area contributed by atoms with Gasteiger partial charge in [0.15, 0.2) is 5.82 Å². The number of amides is 1. The number of rotatable bonds is 9. The third-order valence-electron chi connectivity index (χ3n) is 7.54. The van der Waals surface area contributed by atoms with E-state index in [9.17, 15) is 4.79 Å². The lowest BCUT2D eigenvalue weighted by molar-refractivity contribution is 0.0786. The summed E-state index contributed by atoms with van der Waals surface area (Å²) < 4.78 is 32.2. The summed E-state index contributed by atoms with van der Waals surface area (Å²) in [6, 6.07) is 4.34. The number of fused-ring (bicyclic) bond motifs is 1. The van der Waals surface area contributed by atoms with Crippen LogP contribution in [0.25, 0.3) is 11.0 Å². The van der Waals surface area contributed by atoms with Crippen LogP contribution in [-0.4, -0.2) is 73.7 Å². The minimum absolute atomic E-state index is 0.0295. The highest BCUT2D eigenvalue weighted by Gasteiger charge is 2.26. The summed E-state index contributed by atoms with van der Waals surface area (Å²) in [5.41, 5.74) is 2.49. The molecule has 0 atom stereocenters. The summed E-state index contributed by atoms with van der Waals surface area (Å²) >= 11 is 0. The van der Waals surface area contributed by atoms with Crippen LogP contribution in [0.3, 0.4) is 0 Å². The second-order valence-corrected chi connectivity index (χ2v) is 10.2. The Balaban J connectivity index is 1.32. The standard InChI is InChI=1S/C29H33F2N7O2/c1-3-19-15-32-29(33-16-19)37-10-7-22(8-11-37)38-17-24(31)26-25(34-18-35-27(26)38)14-20-5-6-21(13-23(20)30)28(40)36(2)9-4-12-39/h5-6,13,15-18,22,39H,3-4,7-12,14H2,1-2H3. The van der Waals surface area contributed by atoms with Gasteiger partial charge in [0, 0.05) is 69.9 Å². The number of benzene rings is 1. The highest BCUT2D eigenvalue weighted by atomic mass is 19.1. The van der Waals surface area contributed by atoms with E-state index in [-0.39, 0.29) is 35.9 Å². The van der Waals surface area contributed by atoms with Gasteiger partial charge in [-0.05, 0) is 48.9 Å². The fraction of sp³-hybridized carbons (Fsp3) is 0.414. The van der Waals surface area contributed by atoms with Gasteiger partial charge in [0.05, 0.1) is 11.1 Å². The Morgan fingerprint density at radius 3 is 2.52 bits per heavy atom. The average molecular weight is 550 g/mol. The van der Waals surface area contributed by atoms with Crippen molar-refractivity contribution in [2.45, 2.75) is 45.1 Å². The minimum atomic E-state index is -0.561. The maximum Gasteiger partial charge on any atom is 0.253 e. The summed E-state index contributed by atoms with van der Waals surface area (Å²) in [4.78, 5) is 33.8. The van der Waals surface area contributed by atoms with Crippen LogP contribution >= 0.6 is 0 Å². The van der Waals surface area contributed by atoms with E-state index in [1.165, 1.54) is 29.6 Å². The van der Waals surface area contributed by atoms with Crippen LogP contribution in [0, 0.1) is 11.6 Å². The van der Waals surface area contributed by atoms with Gasteiger partial charge in [-0.1, -0.05) is 13.0 Å². The molecule has 1 aromatic carbocycles. The molecule has 3 aromatic heterocycles. The molecule has 11 heteroatoms. The first-order valence-corrected chi connectivity index (χ1v) is 13.6. The summed E-state index contributed by atoms with van der Waals surface area (Å²) in [6.07, 6.45) is 9.51. The van der Waals surface area contributed by atoms with E-state index in [4.69, 9.17) is 5.11 Å². The fourth-order valence-electron chi connectivity index (χ4n) is 5.18. The molecule has 4 aromatic rings. The van der Waals surface area contributed by atoms with Gasteiger partial charge in [0.2, 0.25) is 5.95 Å². The largest absolute Gasteiger partial charge is 0.396 e.